The molecule has 1 aromatic carbocycles. The molecule has 0 aromatic heterocycles. The number of carboxylic acid groups (broad SMARTS) is 1. The second kappa shape index (κ2) is 6.72. The first-order valence-corrected chi connectivity index (χ1v) is 7.81. The molecule has 18 heavy (non-hydrogen) atoms. The molecule has 2 N–H and O–H groups in total. The van der Waals surface area contributed by atoms with Gasteiger partial charge >= 0.3 is 5.97 Å². The van der Waals surface area contributed by atoms with Gasteiger partial charge in [0.2, 0.25) is 7.37 Å². The van der Waals surface area contributed by atoms with Gasteiger partial charge in [0.25, 0.3) is 0 Å². The monoisotopic (exact) mass is 270 g/mol. The van der Waals surface area contributed by atoms with Gasteiger partial charge in [0, 0.05) is 5.30 Å². The van der Waals surface area contributed by atoms with Gasteiger partial charge in [-0.25, -0.2) is 0 Å². The van der Waals surface area contributed by atoms with Gasteiger partial charge in [0.05, 0.1) is 12.1 Å². The largest absolute Gasteiger partial charge is 0.481 e. The molecule has 1 aromatic rings. The number of hydrogen-bond donors (Lipinski definition) is 2. The van der Waals surface area contributed by atoms with Crippen LogP contribution in [0, 0.1) is 0 Å². The zero-order chi connectivity index (χ0) is 13.6. The molecule has 0 radical (unpaired) electrons. The van der Waals surface area contributed by atoms with Gasteiger partial charge in [-0.05, 0) is 18.6 Å². The number of hydrogen-bond acceptors (Lipinski definition) is 2. The van der Waals surface area contributed by atoms with Crippen LogP contribution in [0.15, 0.2) is 30.3 Å². The Hall–Kier alpha value is -1.12. The summed E-state index contributed by atoms with van der Waals surface area (Å²) in [6.07, 6.45) is 1.84. The van der Waals surface area contributed by atoms with Crippen LogP contribution in [-0.4, -0.2) is 21.6 Å². The fraction of sp³-hybridized carbons (Fsp3) is 0.462. The van der Waals surface area contributed by atoms with Crippen LogP contribution in [0.2, 0.25) is 0 Å². The van der Waals surface area contributed by atoms with Crippen molar-refractivity contribution in [1.82, 2.24) is 0 Å². The second-order valence-corrected chi connectivity index (χ2v) is 6.84. The average Bonchev–Trinajstić information content (AvgIpc) is 2.35. The molecule has 1 rings (SSSR count). The van der Waals surface area contributed by atoms with E-state index in [9.17, 15) is 14.3 Å². The summed E-state index contributed by atoms with van der Waals surface area (Å²) in [6.45, 7) is 1.97. The van der Waals surface area contributed by atoms with Crippen molar-refractivity contribution in [3.8, 4) is 0 Å². The summed E-state index contributed by atoms with van der Waals surface area (Å²) in [6, 6.07) is 8.32. The van der Waals surface area contributed by atoms with Crippen molar-refractivity contribution in [2.24, 2.45) is 0 Å². The van der Waals surface area contributed by atoms with Crippen LogP contribution in [0.5, 0.6) is 0 Å². The molecule has 4 nitrogen and oxygen atoms in total. The molecule has 0 spiro atoms. The maximum atomic E-state index is 12.4. The number of carboxylic acids is 1. The highest BCUT2D eigenvalue weighted by Gasteiger charge is 2.33. The molecule has 0 fully saturated rings. The fourth-order valence-electron chi connectivity index (χ4n) is 1.89. The number of unbranched alkanes of at least 4 members (excludes halogenated alkanes) is 1. The van der Waals surface area contributed by atoms with E-state index in [-0.39, 0.29) is 6.42 Å². The van der Waals surface area contributed by atoms with Crippen LogP contribution in [0.1, 0.15) is 32.6 Å². The Morgan fingerprint density at radius 1 is 1.33 bits per heavy atom. The van der Waals surface area contributed by atoms with Crippen molar-refractivity contribution in [1.29, 1.82) is 0 Å². The summed E-state index contributed by atoms with van der Waals surface area (Å²) in [5.41, 5.74) is -0.697. The first-order valence-electron chi connectivity index (χ1n) is 6.08. The normalized spacial score (nSPS) is 15.9. The maximum Gasteiger partial charge on any atom is 0.304 e. The van der Waals surface area contributed by atoms with Crippen molar-refractivity contribution in [3.63, 3.8) is 0 Å². The lowest BCUT2D eigenvalue weighted by Crippen LogP contribution is -2.20. The lowest BCUT2D eigenvalue weighted by Gasteiger charge is -2.21. The van der Waals surface area contributed by atoms with Gasteiger partial charge in [-0.15, -0.1) is 0 Å². The summed E-state index contributed by atoms with van der Waals surface area (Å²) in [5, 5.41) is 9.20. The SMILES string of the molecule is CCCCC(CC(=O)O)P(=O)(O)c1ccccc1. The molecule has 0 bridgehead atoms. The van der Waals surface area contributed by atoms with Crippen molar-refractivity contribution in [3.05, 3.63) is 30.3 Å². The first kappa shape index (κ1) is 14.9. The summed E-state index contributed by atoms with van der Waals surface area (Å²) in [5.74, 6) is -1.03. The zero-order valence-corrected chi connectivity index (χ0v) is 11.3. The molecule has 0 heterocycles. The van der Waals surface area contributed by atoms with Crippen LogP contribution < -0.4 is 5.30 Å². The highest BCUT2D eigenvalue weighted by atomic mass is 31.2. The van der Waals surface area contributed by atoms with Gasteiger partial charge in [-0.1, -0.05) is 38.0 Å². The lowest BCUT2D eigenvalue weighted by atomic mass is 10.1. The molecule has 2 atom stereocenters. The molecule has 0 amide bonds. The molecule has 5 heteroatoms. The minimum Gasteiger partial charge on any atom is -0.481 e. The number of rotatable bonds is 7. The maximum absolute atomic E-state index is 12.4. The van der Waals surface area contributed by atoms with Gasteiger partial charge in [-0.2, -0.15) is 0 Å². The molecule has 0 saturated heterocycles. The van der Waals surface area contributed by atoms with Crippen LogP contribution in [0.25, 0.3) is 0 Å². The van der Waals surface area contributed by atoms with Crippen LogP contribution in [0.3, 0.4) is 0 Å². The van der Waals surface area contributed by atoms with E-state index in [0.29, 0.717) is 11.7 Å². The van der Waals surface area contributed by atoms with E-state index in [4.69, 9.17) is 5.11 Å². The van der Waals surface area contributed by atoms with E-state index in [1.165, 1.54) is 0 Å². The number of aliphatic carboxylic acids is 1. The van der Waals surface area contributed by atoms with E-state index >= 15 is 0 Å². The molecular formula is C13H19O4P. The Labute approximate surface area is 107 Å². The van der Waals surface area contributed by atoms with E-state index < -0.39 is 19.0 Å². The van der Waals surface area contributed by atoms with Crippen molar-refractivity contribution < 1.29 is 19.4 Å². The van der Waals surface area contributed by atoms with Gasteiger partial charge < -0.3 is 10.00 Å². The third-order valence-corrected chi connectivity index (χ3v) is 5.39. The Balaban J connectivity index is 2.95. The minimum atomic E-state index is -3.62. The number of benzene rings is 1. The van der Waals surface area contributed by atoms with E-state index in [0.717, 1.165) is 12.8 Å². The van der Waals surface area contributed by atoms with Gasteiger partial charge in [0.1, 0.15) is 0 Å². The lowest BCUT2D eigenvalue weighted by molar-refractivity contribution is -0.137. The van der Waals surface area contributed by atoms with E-state index in [1.807, 2.05) is 6.92 Å². The minimum absolute atomic E-state index is 0.261. The van der Waals surface area contributed by atoms with Gasteiger partial charge in [-0.3, -0.25) is 9.36 Å². The summed E-state index contributed by atoms with van der Waals surface area (Å²) in [7, 11) is -3.62. The quantitative estimate of drug-likeness (QED) is 0.747. The molecular weight excluding hydrogens is 251 g/mol. The number of carbonyl (C=O) groups is 1. The average molecular weight is 270 g/mol. The molecule has 0 saturated carbocycles. The van der Waals surface area contributed by atoms with Gasteiger partial charge in [0.15, 0.2) is 0 Å². The van der Waals surface area contributed by atoms with Crippen molar-refractivity contribution >= 4 is 18.6 Å². The van der Waals surface area contributed by atoms with Crippen LogP contribution in [-0.2, 0) is 9.36 Å². The van der Waals surface area contributed by atoms with Crippen LogP contribution in [0.4, 0.5) is 0 Å². The molecule has 100 valence electrons. The van der Waals surface area contributed by atoms with Crippen molar-refractivity contribution in [2.45, 2.75) is 38.3 Å². The molecule has 0 aliphatic rings. The topological polar surface area (TPSA) is 74.6 Å². The fourth-order valence-corrected chi connectivity index (χ4v) is 3.85. The first-order chi connectivity index (χ1) is 8.48. The summed E-state index contributed by atoms with van der Waals surface area (Å²) in [4.78, 5) is 21.0. The second-order valence-electron chi connectivity index (χ2n) is 4.35. The van der Waals surface area contributed by atoms with E-state index in [2.05, 4.69) is 0 Å². The predicted octanol–water partition coefficient (Wildman–Crippen LogP) is 2.62. The Kier molecular flexibility index (Phi) is 5.57. The Morgan fingerprint density at radius 3 is 2.44 bits per heavy atom. The highest BCUT2D eigenvalue weighted by molar-refractivity contribution is 7.66. The molecule has 0 aliphatic heterocycles. The highest BCUT2D eigenvalue weighted by Crippen LogP contribution is 2.48. The van der Waals surface area contributed by atoms with Crippen molar-refractivity contribution in [2.75, 3.05) is 0 Å². The summed E-state index contributed by atoms with van der Waals surface area (Å²) >= 11 is 0. The Bertz CT molecular complexity index is 430. The predicted molar refractivity (Wildman–Crippen MR) is 71.5 cm³/mol. The third-order valence-electron chi connectivity index (χ3n) is 2.92. The Morgan fingerprint density at radius 2 is 1.94 bits per heavy atom. The van der Waals surface area contributed by atoms with E-state index in [1.54, 1.807) is 30.3 Å². The molecule has 2 unspecified atom stereocenters. The zero-order valence-electron chi connectivity index (χ0n) is 10.5. The standard InChI is InChI=1S/C13H19O4P/c1-2-3-7-12(10-13(14)15)18(16,17)11-8-5-4-6-9-11/h4-6,8-9,12H,2-3,7,10H2,1H3,(H,14,15)(H,16,17). The summed E-state index contributed by atoms with van der Waals surface area (Å²) < 4.78 is 12.4. The smallest absolute Gasteiger partial charge is 0.304 e. The molecule has 0 aliphatic carbocycles. The third kappa shape index (κ3) is 3.97. The van der Waals surface area contributed by atoms with Crippen LogP contribution >= 0.6 is 7.37 Å².